The van der Waals surface area contributed by atoms with Crippen molar-refractivity contribution in [3.8, 4) is 0 Å². The zero-order chi connectivity index (χ0) is 21.1. The lowest BCUT2D eigenvalue weighted by atomic mass is 9.63. The maximum absolute atomic E-state index is 11.9. The first-order chi connectivity index (χ1) is 14.6. The SMILES string of the molecule is C/C=C1\[C@H]2C=C(C)C[C@]1(N=CC=Cc1ccc(CCC)cc1)c1ccc(=O)[nH]c1C2. The number of fused-ring (bicyclic) bond motifs is 4. The molecule has 3 heteroatoms. The number of aliphatic imine (C=N–C) groups is 1. The maximum atomic E-state index is 11.9. The van der Waals surface area contributed by atoms with Crippen LogP contribution in [0.15, 0.2) is 75.6 Å². The van der Waals surface area contributed by atoms with Gasteiger partial charge in [-0.05, 0) is 55.5 Å². The van der Waals surface area contributed by atoms with Gasteiger partial charge in [-0.2, -0.15) is 0 Å². The van der Waals surface area contributed by atoms with E-state index < -0.39 is 5.54 Å². The maximum Gasteiger partial charge on any atom is 0.248 e. The van der Waals surface area contributed by atoms with Crippen molar-refractivity contribution >= 4 is 12.3 Å². The Kier molecular flexibility index (Phi) is 5.72. The van der Waals surface area contributed by atoms with Crippen molar-refractivity contribution in [2.75, 3.05) is 0 Å². The second-order valence-corrected chi connectivity index (χ2v) is 8.45. The van der Waals surface area contributed by atoms with E-state index in [0.717, 1.165) is 30.5 Å². The predicted molar refractivity (Wildman–Crippen MR) is 126 cm³/mol. The summed E-state index contributed by atoms with van der Waals surface area (Å²) in [4.78, 5) is 20.1. The first-order valence-electron chi connectivity index (χ1n) is 10.9. The van der Waals surface area contributed by atoms with Crippen molar-refractivity contribution in [3.63, 3.8) is 0 Å². The lowest BCUT2D eigenvalue weighted by molar-refractivity contribution is 0.413. The Balaban J connectivity index is 1.68. The molecule has 0 radical (unpaired) electrons. The fraction of sp³-hybridized carbons (Fsp3) is 0.333. The fourth-order valence-corrected chi connectivity index (χ4v) is 5.06. The van der Waals surface area contributed by atoms with Gasteiger partial charge in [0.2, 0.25) is 5.56 Å². The Morgan fingerprint density at radius 1 is 1.20 bits per heavy atom. The lowest BCUT2D eigenvalue weighted by Crippen LogP contribution is -2.40. The zero-order valence-electron chi connectivity index (χ0n) is 18.1. The van der Waals surface area contributed by atoms with Gasteiger partial charge in [-0.1, -0.05) is 61.4 Å². The Morgan fingerprint density at radius 2 is 2.00 bits per heavy atom. The van der Waals surface area contributed by atoms with Crippen molar-refractivity contribution in [2.45, 2.75) is 52.0 Å². The van der Waals surface area contributed by atoms with E-state index in [2.05, 4.69) is 68.2 Å². The predicted octanol–water partition coefficient (Wildman–Crippen LogP) is 5.78. The third kappa shape index (κ3) is 3.77. The molecule has 30 heavy (non-hydrogen) atoms. The van der Waals surface area contributed by atoms with E-state index in [1.54, 1.807) is 6.07 Å². The van der Waals surface area contributed by atoms with Crippen molar-refractivity contribution in [1.82, 2.24) is 4.98 Å². The summed E-state index contributed by atoms with van der Waals surface area (Å²) < 4.78 is 0. The minimum Gasteiger partial charge on any atom is -0.326 e. The van der Waals surface area contributed by atoms with Gasteiger partial charge in [-0.3, -0.25) is 9.79 Å². The van der Waals surface area contributed by atoms with Crippen LogP contribution in [0.25, 0.3) is 6.08 Å². The van der Waals surface area contributed by atoms with Crippen molar-refractivity contribution in [3.05, 3.63) is 98.5 Å². The summed E-state index contributed by atoms with van der Waals surface area (Å²) in [6, 6.07) is 12.3. The monoisotopic (exact) mass is 398 g/mol. The van der Waals surface area contributed by atoms with Crippen LogP contribution in [0.3, 0.4) is 0 Å². The number of nitrogens with zero attached hydrogens (tertiary/aromatic N) is 1. The van der Waals surface area contributed by atoms with Crippen LogP contribution in [-0.4, -0.2) is 11.2 Å². The summed E-state index contributed by atoms with van der Waals surface area (Å²) in [7, 11) is 0. The second kappa shape index (κ2) is 8.43. The highest BCUT2D eigenvalue weighted by atomic mass is 16.1. The number of pyridine rings is 1. The van der Waals surface area contributed by atoms with Gasteiger partial charge in [0.05, 0.1) is 0 Å². The van der Waals surface area contributed by atoms with E-state index in [-0.39, 0.29) is 5.56 Å². The van der Waals surface area contributed by atoms with E-state index >= 15 is 0 Å². The largest absolute Gasteiger partial charge is 0.326 e. The molecule has 1 aromatic heterocycles. The number of allylic oxidation sites excluding steroid dienone is 3. The van der Waals surface area contributed by atoms with Gasteiger partial charge >= 0.3 is 0 Å². The van der Waals surface area contributed by atoms with E-state index in [1.165, 1.54) is 28.7 Å². The van der Waals surface area contributed by atoms with Crippen LogP contribution in [0.4, 0.5) is 0 Å². The number of benzene rings is 1. The summed E-state index contributed by atoms with van der Waals surface area (Å²) in [5, 5.41) is 0. The van der Waals surface area contributed by atoms with E-state index in [0.29, 0.717) is 5.92 Å². The normalized spacial score (nSPS) is 24.4. The Morgan fingerprint density at radius 3 is 2.73 bits per heavy atom. The summed E-state index contributed by atoms with van der Waals surface area (Å²) in [6.07, 6.45) is 14.6. The van der Waals surface area contributed by atoms with Gasteiger partial charge in [0.15, 0.2) is 0 Å². The number of hydrogen-bond donors (Lipinski definition) is 1. The third-order valence-electron chi connectivity index (χ3n) is 6.27. The molecule has 1 N–H and O–H groups in total. The fourth-order valence-electron chi connectivity index (χ4n) is 5.06. The molecule has 2 aliphatic rings. The lowest BCUT2D eigenvalue weighted by Gasteiger charge is -2.45. The average molecular weight is 399 g/mol. The quantitative estimate of drug-likeness (QED) is 0.504. The molecule has 3 nitrogen and oxygen atoms in total. The highest BCUT2D eigenvalue weighted by Gasteiger charge is 2.46. The zero-order valence-corrected chi connectivity index (χ0v) is 18.1. The van der Waals surface area contributed by atoms with Crippen LogP contribution in [0.1, 0.15) is 56.0 Å². The summed E-state index contributed by atoms with van der Waals surface area (Å²) >= 11 is 0. The molecule has 0 spiro atoms. The number of aryl methyl sites for hydroxylation is 1. The molecule has 0 saturated carbocycles. The molecule has 0 unspecified atom stereocenters. The Bertz CT molecular complexity index is 1100. The van der Waals surface area contributed by atoms with Crippen LogP contribution in [0.2, 0.25) is 0 Å². The molecule has 1 aromatic carbocycles. The standard InChI is InChI=1S/C27H30N2O/c1-4-7-20-9-11-21(12-10-20)8-6-15-28-27-18-19(3)16-22(23(27)5-2)17-25-24(27)13-14-26(30)29-25/h5-6,8-16,22H,4,7,17-18H2,1-3H3,(H,29,30)/b8-6?,23-5+,28-15?/t22-,27+/m0/s1. The van der Waals surface area contributed by atoms with Gasteiger partial charge in [0, 0.05) is 35.9 Å². The molecule has 2 atom stereocenters. The molecule has 0 fully saturated rings. The molecule has 154 valence electrons. The summed E-state index contributed by atoms with van der Waals surface area (Å²) in [6.45, 7) is 6.49. The van der Waals surface area contributed by atoms with Gasteiger partial charge in [0.25, 0.3) is 0 Å². The number of H-pyrrole nitrogens is 1. The second-order valence-electron chi connectivity index (χ2n) is 8.45. The van der Waals surface area contributed by atoms with Crippen molar-refractivity contribution < 1.29 is 0 Å². The number of aromatic nitrogens is 1. The van der Waals surface area contributed by atoms with Crippen LogP contribution < -0.4 is 5.56 Å². The molecule has 1 heterocycles. The molecule has 0 amide bonds. The summed E-state index contributed by atoms with van der Waals surface area (Å²) in [5.74, 6) is 0.293. The van der Waals surface area contributed by atoms with Gasteiger partial charge < -0.3 is 4.98 Å². The van der Waals surface area contributed by atoms with Crippen molar-refractivity contribution in [2.24, 2.45) is 10.9 Å². The molecular formula is C27H30N2O. The van der Waals surface area contributed by atoms with E-state index in [9.17, 15) is 4.79 Å². The van der Waals surface area contributed by atoms with Gasteiger partial charge in [-0.25, -0.2) is 0 Å². The first-order valence-corrected chi connectivity index (χ1v) is 10.9. The van der Waals surface area contributed by atoms with Gasteiger partial charge in [0.1, 0.15) is 5.54 Å². The molecule has 2 aromatic rings. The minimum atomic E-state index is -0.425. The molecule has 0 aliphatic heterocycles. The van der Waals surface area contributed by atoms with E-state index in [4.69, 9.17) is 4.99 Å². The van der Waals surface area contributed by atoms with Crippen LogP contribution in [0, 0.1) is 5.92 Å². The molecule has 4 rings (SSSR count). The van der Waals surface area contributed by atoms with E-state index in [1.807, 2.05) is 18.4 Å². The Labute approximate surface area is 179 Å². The Hall–Kier alpha value is -2.94. The highest BCUT2D eigenvalue weighted by molar-refractivity contribution is 5.79. The number of nitrogens with one attached hydrogen (secondary N) is 1. The van der Waals surface area contributed by atoms with Crippen LogP contribution in [0.5, 0.6) is 0 Å². The molecule has 2 bridgehead atoms. The highest BCUT2D eigenvalue weighted by Crippen LogP contribution is 2.51. The summed E-state index contributed by atoms with van der Waals surface area (Å²) in [5.41, 5.74) is 6.94. The number of rotatable bonds is 5. The van der Waals surface area contributed by atoms with Crippen LogP contribution in [-0.2, 0) is 18.4 Å². The molecule has 0 saturated heterocycles. The number of hydrogen-bond acceptors (Lipinski definition) is 2. The third-order valence-corrected chi connectivity index (χ3v) is 6.27. The molecule has 2 aliphatic carbocycles. The van der Waals surface area contributed by atoms with Gasteiger partial charge in [-0.15, -0.1) is 0 Å². The molecular weight excluding hydrogens is 368 g/mol. The number of aromatic amines is 1. The average Bonchev–Trinajstić information content (AvgIpc) is 2.72. The van der Waals surface area contributed by atoms with Crippen LogP contribution >= 0.6 is 0 Å². The topological polar surface area (TPSA) is 45.2 Å². The smallest absolute Gasteiger partial charge is 0.248 e. The first kappa shape index (κ1) is 20.3. The minimum absolute atomic E-state index is 0.0398. The van der Waals surface area contributed by atoms with Crippen molar-refractivity contribution in [1.29, 1.82) is 0 Å².